The van der Waals surface area contributed by atoms with Gasteiger partial charge in [0.05, 0.1) is 29.9 Å². The largest absolute Gasteiger partial charge is 0.495 e. The summed E-state index contributed by atoms with van der Waals surface area (Å²) in [6, 6.07) is 30.6. The molecule has 0 aliphatic carbocycles. The van der Waals surface area contributed by atoms with Gasteiger partial charge in [0.1, 0.15) is 5.75 Å². The van der Waals surface area contributed by atoms with Crippen molar-refractivity contribution < 1.29 is 17.9 Å². The zero-order chi connectivity index (χ0) is 30.4. The highest BCUT2D eigenvalue weighted by Crippen LogP contribution is 2.34. The summed E-state index contributed by atoms with van der Waals surface area (Å²) in [4.78, 5) is 20.5. The number of amidine groups is 1. The molecule has 0 aromatic heterocycles. The summed E-state index contributed by atoms with van der Waals surface area (Å²) in [7, 11) is -2.59. The first-order valence-corrected chi connectivity index (χ1v) is 16.6. The fraction of sp³-hybridized carbons (Fsp3) is 0.235. The molecule has 0 atom stereocenters. The molecule has 0 bridgehead atoms. The molecule has 0 saturated carbocycles. The maximum absolute atomic E-state index is 14.3. The maximum Gasteiger partial charge on any atom is 0.264 e. The molecule has 43 heavy (non-hydrogen) atoms. The fourth-order valence-corrected chi connectivity index (χ4v) is 7.44. The third-order valence-corrected chi connectivity index (χ3v) is 10.0. The second kappa shape index (κ2) is 13.5. The van der Waals surface area contributed by atoms with Crippen molar-refractivity contribution in [3.8, 4) is 5.75 Å². The number of methoxy groups -OCH3 is 1. The van der Waals surface area contributed by atoms with Gasteiger partial charge in [-0.15, -0.1) is 0 Å². The molecule has 1 heterocycles. The minimum Gasteiger partial charge on any atom is -0.495 e. The number of anilines is 1. The summed E-state index contributed by atoms with van der Waals surface area (Å²) in [5, 5.41) is 0.623. The lowest BCUT2D eigenvalue weighted by atomic mass is 10.0. The van der Waals surface area contributed by atoms with E-state index in [0.29, 0.717) is 23.1 Å². The molecule has 0 N–H and O–H groups in total. The van der Waals surface area contributed by atoms with Crippen molar-refractivity contribution in [3.05, 3.63) is 120 Å². The second-order valence-electron chi connectivity index (χ2n) is 10.5. The summed E-state index contributed by atoms with van der Waals surface area (Å²) >= 11 is 1.54. The van der Waals surface area contributed by atoms with Crippen LogP contribution in [0, 0.1) is 0 Å². The van der Waals surface area contributed by atoms with Crippen LogP contribution >= 0.6 is 11.8 Å². The van der Waals surface area contributed by atoms with E-state index in [1.807, 2.05) is 48.5 Å². The van der Waals surface area contributed by atoms with Gasteiger partial charge in [0.25, 0.3) is 15.9 Å². The number of thioether (sulfide) groups is 1. The first-order chi connectivity index (χ1) is 20.8. The van der Waals surface area contributed by atoms with Crippen molar-refractivity contribution in [2.75, 3.05) is 23.7 Å². The lowest BCUT2D eigenvalue weighted by Gasteiger charge is -2.29. The monoisotopic (exact) mass is 613 g/mol. The van der Waals surface area contributed by atoms with Crippen LogP contribution in [0.5, 0.6) is 5.75 Å². The van der Waals surface area contributed by atoms with Gasteiger partial charge in [-0.1, -0.05) is 92.3 Å². The number of para-hydroxylation sites is 3. The number of hydrogen-bond donors (Lipinski definition) is 0. The van der Waals surface area contributed by atoms with Crippen molar-refractivity contribution in [3.63, 3.8) is 0 Å². The summed E-state index contributed by atoms with van der Waals surface area (Å²) < 4.78 is 35.4. The van der Waals surface area contributed by atoms with E-state index in [9.17, 15) is 13.2 Å². The van der Waals surface area contributed by atoms with Crippen LogP contribution in [0.4, 0.5) is 11.4 Å². The number of benzene rings is 4. The minimum absolute atomic E-state index is 0.0218. The Kier molecular flexibility index (Phi) is 9.52. The van der Waals surface area contributed by atoms with Crippen LogP contribution in [0.15, 0.2) is 113 Å². The molecule has 0 radical (unpaired) electrons. The van der Waals surface area contributed by atoms with Crippen molar-refractivity contribution in [1.82, 2.24) is 4.90 Å². The van der Waals surface area contributed by atoms with Crippen LogP contribution in [-0.2, 0) is 16.6 Å². The van der Waals surface area contributed by atoms with Gasteiger partial charge in [-0.05, 0) is 59.9 Å². The highest BCUT2D eigenvalue weighted by molar-refractivity contribution is 8.13. The Hall–Kier alpha value is -4.08. The molecule has 0 unspecified atom stereocenters. The summed E-state index contributed by atoms with van der Waals surface area (Å²) in [6.45, 7) is 4.84. The van der Waals surface area contributed by atoms with E-state index in [-0.39, 0.29) is 28.8 Å². The van der Waals surface area contributed by atoms with E-state index in [2.05, 4.69) is 19.9 Å². The van der Waals surface area contributed by atoms with Crippen LogP contribution in [0.1, 0.15) is 47.7 Å². The van der Waals surface area contributed by atoms with E-state index >= 15 is 0 Å². The third kappa shape index (κ3) is 6.78. The molecule has 1 fully saturated rings. The SMILES string of the molecule is COc1ccccc1N(Cc1ccccc1)S(=O)(=O)c1cccc(C(=O)N2CCCSC2=Nc2ccccc2C(C)C)c1. The van der Waals surface area contributed by atoms with Crippen molar-refractivity contribution >= 4 is 44.2 Å². The number of hydrogen-bond acceptors (Lipinski definition) is 6. The number of ether oxygens (including phenoxy) is 1. The van der Waals surface area contributed by atoms with Crippen LogP contribution in [0.2, 0.25) is 0 Å². The molecule has 1 aliphatic heterocycles. The zero-order valence-electron chi connectivity index (χ0n) is 24.5. The maximum atomic E-state index is 14.3. The van der Waals surface area contributed by atoms with E-state index < -0.39 is 10.0 Å². The van der Waals surface area contributed by atoms with E-state index in [4.69, 9.17) is 9.73 Å². The molecule has 1 saturated heterocycles. The smallest absolute Gasteiger partial charge is 0.264 e. The number of nitrogens with zero attached hydrogens (tertiary/aromatic N) is 3. The minimum atomic E-state index is -4.10. The highest BCUT2D eigenvalue weighted by Gasteiger charge is 2.30. The lowest BCUT2D eigenvalue weighted by Crippen LogP contribution is -2.39. The quantitative estimate of drug-likeness (QED) is 0.196. The molecule has 5 rings (SSSR count). The fourth-order valence-electron chi connectivity index (χ4n) is 4.98. The topological polar surface area (TPSA) is 79.3 Å². The Balaban J connectivity index is 1.51. The Morgan fingerprint density at radius 1 is 0.953 bits per heavy atom. The van der Waals surface area contributed by atoms with E-state index in [1.54, 1.807) is 53.1 Å². The van der Waals surface area contributed by atoms with Gasteiger partial charge in [0.2, 0.25) is 0 Å². The number of carbonyl (C=O) groups excluding carboxylic acids is 1. The van der Waals surface area contributed by atoms with Gasteiger partial charge in [0.15, 0.2) is 5.17 Å². The Morgan fingerprint density at radius 3 is 2.44 bits per heavy atom. The summed E-state index contributed by atoms with van der Waals surface area (Å²) in [6.07, 6.45) is 0.817. The van der Waals surface area contributed by atoms with E-state index in [0.717, 1.165) is 29.0 Å². The molecule has 4 aromatic rings. The van der Waals surface area contributed by atoms with Gasteiger partial charge in [0, 0.05) is 17.9 Å². The standard InChI is InChI=1S/C34H35N3O4S2/c1-25(2)29-17-7-8-18-30(29)35-34-36(21-12-22-42-34)33(38)27-15-11-16-28(23-27)43(39,40)37(24-26-13-5-4-6-14-26)31-19-9-10-20-32(31)41-3/h4-11,13-20,23,25H,12,21-22,24H2,1-3H3. The number of amides is 1. The van der Waals surface area contributed by atoms with Crippen LogP contribution in [0.3, 0.4) is 0 Å². The van der Waals surface area contributed by atoms with Crippen molar-refractivity contribution in [2.24, 2.45) is 4.99 Å². The number of carbonyl (C=O) groups is 1. The average Bonchev–Trinajstić information content (AvgIpc) is 3.04. The Bertz CT molecular complexity index is 1720. The molecule has 9 heteroatoms. The molecule has 7 nitrogen and oxygen atoms in total. The van der Waals surface area contributed by atoms with Crippen LogP contribution in [0.25, 0.3) is 0 Å². The first kappa shape index (κ1) is 30.4. The summed E-state index contributed by atoms with van der Waals surface area (Å²) in [5.74, 6) is 1.29. The Morgan fingerprint density at radius 2 is 1.67 bits per heavy atom. The lowest BCUT2D eigenvalue weighted by molar-refractivity contribution is 0.0849. The molecule has 1 aliphatic rings. The summed E-state index contributed by atoms with van der Waals surface area (Å²) in [5.41, 5.74) is 3.46. The van der Waals surface area contributed by atoms with Crippen LogP contribution in [-0.4, -0.2) is 43.8 Å². The Labute approximate surface area is 258 Å². The van der Waals surface area contributed by atoms with Crippen molar-refractivity contribution in [1.29, 1.82) is 0 Å². The molecular weight excluding hydrogens is 579 g/mol. The normalized spacial score (nSPS) is 14.6. The number of sulfonamides is 1. The highest BCUT2D eigenvalue weighted by atomic mass is 32.2. The third-order valence-electron chi connectivity index (χ3n) is 7.20. The van der Waals surface area contributed by atoms with E-state index in [1.165, 1.54) is 23.5 Å². The molecule has 1 amide bonds. The van der Waals surface area contributed by atoms with Crippen molar-refractivity contribution in [2.45, 2.75) is 37.6 Å². The number of aliphatic imine (C=N–C) groups is 1. The molecular formula is C34H35N3O4S2. The van der Waals surface area contributed by atoms with Crippen LogP contribution < -0.4 is 9.04 Å². The van der Waals surface area contributed by atoms with Gasteiger partial charge < -0.3 is 4.74 Å². The average molecular weight is 614 g/mol. The molecule has 0 spiro atoms. The molecule has 222 valence electrons. The molecule has 4 aromatic carbocycles. The predicted molar refractivity (Wildman–Crippen MR) is 175 cm³/mol. The van der Waals surface area contributed by atoms with Gasteiger partial charge in [-0.25, -0.2) is 13.4 Å². The van der Waals surface area contributed by atoms with Gasteiger partial charge in [-0.3, -0.25) is 14.0 Å². The first-order valence-electron chi connectivity index (χ1n) is 14.2. The number of rotatable bonds is 9. The van der Waals surface area contributed by atoms with Gasteiger partial charge >= 0.3 is 0 Å². The zero-order valence-corrected chi connectivity index (χ0v) is 26.1. The second-order valence-corrected chi connectivity index (χ2v) is 13.4. The predicted octanol–water partition coefficient (Wildman–Crippen LogP) is 7.48. The van der Waals surface area contributed by atoms with Gasteiger partial charge in [-0.2, -0.15) is 0 Å².